The summed E-state index contributed by atoms with van der Waals surface area (Å²) in [6, 6.07) is 15.5. The Bertz CT molecular complexity index is 792. The smallest absolute Gasteiger partial charge is 0.224 e. The number of anilines is 1. The normalized spacial score (nSPS) is 15.4. The fraction of sp³-hybridized carbons (Fsp3) is 0.391. The first-order valence-corrected chi connectivity index (χ1v) is 9.89. The zero-order valence-corrected chi connectivity index (χ0v) is 16.8. The largest absolute Gasteiger partial charge is 0.326 e. The highest BCUT2D eigenvalue weighted by atomic mass is 16.1. The number of rotatable bonds is 7. The van der Waals surface area contributed by atoms with Crippen LogP contribution < -0.4 is 5.32 Å². The molecule has 148 valence electrons. The third-order valence-electron chi connectivity index (χ3n) is 5.22. The van der Waals surface area contributed by atoms with Crippen molar-refractivity contribution >= 4 is 17.4 Å². The van der Waals surface area contributed by atoms with Crippen LogP contribution in [0, 0.1) is 6.92 Å². The van der Waals surface area contributed by atoms with Crippen molar-refractivity contribution in [1.82, 2.24) is 9.80 Å². The number of nitrogens with one attached hydrogen (secondary N) is 1. The first kappa shape index (κ1) is 20.2. The van der Waals surface area contributed by atoms with E-state index in [1.54, 1.807) is 24.3 Å². The summed E-state index contributed by atoms with van der Waals surface area (Å²) >= 11 is 0. The maximum absolute atomic E-state index is 12.5. The molecule has 5 heteroatoms. The maximum Gasteiger partial charge on any atom is 0.224 e. The molecular formula is C23H29N3O2. The van der Waals surface area contributed by atoms with Crippen LogP contribution in [0.25, 0.3) is 0 Å². The number of likely N-dealkylation sites (N-methyl/N-ethyl adjacent to an activating group) is 1. The topological polar surface area (TPSA) is 52.7 Å². The molecule has 1 amide bonds. The Morgan fingerprint density at radius 3 is 2.21 bits per heavy atom. The molecule has 1 N–H and O–H groups in total. The lowest BCUT2D eigenvalue weighted by atomic mass is 10.1. The number of Topliss-reactive ketones (excluding diaryl/α,β-unsaturated/α-hetero) is 1. The van der Waals surface area contributed by atoms with Gasteiger partial charge in [-0.2, -0.15) is 0 Å². The summed E-state index contributed by atoms with van der Waals surface area (Å²) in [5.74, 6) is 0.110. The average Bonchev–Trinajstić information content (AvgIpc) is 2.70. The second-order valence-corrected chi connectivity index (χ2v) is 7.61. The molecule has 1 saturated heterocycles. The molecule has 1 aliphatic heterocycles. The average molecular weight is 380 g/mol. The number of hydrogen-bond donors (Lipinski definition) is 1. The van der Waals surface area contributed by atoms with Crippen molar-refractivity contribution in [3.8, 4) is 0 Å². The van der Waals surface area contributed by atoms with Gasteiger partial charge in [-0.1, -0.05) is 29.8 Å². The highest BCUT2D eigenvalue weighted by molar-refractivity contribution is 5.98. The van der Waals surface area contributed by atoms with Crippen LogP contribution in [0.5, 0.6) is 0 Å². The fourth-order valence-corrected chi connectivity index (χ4v) is 3.28. The second kappa shape index (κ2) is 9.62. The molecule has 0 spiro atoms. The number of ketones is 1. The first-order chi connectivity index (χ1) is 13.5. The van der Waals surface area contributed by atoms with E-state index in [0.29, 0.717) is 24.9 Å². The molecule has 1 aliphatic rings. The Labute approximate surface area is 167 Å². The number of nitrogens with zero attached hydrogens (tertiary/aromatic N) is 2. The summed E-state index contributed by atoms with van der Waals surface area (Å²) in [7, 11) is 2.10. The lowest BCUT2D eigenvalue weighted by molar-refractivity contribution is -0.116. The molecule has 0 saturated carbocycles. The zero-order valence-electron chi connectivity index (χ0n) is 16.8. The number of carbonyl (C=O) groups excluding carboxylic acids is 2. The fourth-order valence-electron chi connectivity index (χ4n) is 3.28. The standard InChI is InChI=1S/C23H29N3O2/c1-18-3-5-19(6-4-18)7-12-23(28)24-21-10-8-20(9-11-21)22(27)17-26-15-13-25(2)14-16-26/h3-6,8-11H,7,12-17H2,1-2H3,(H,24,28). The number of carbonyl (C=O) groups is 2. The van der Waals surface area contributed by atoms with Crippen LogP contribution in [-0.4, -0.2) is 61.3 Å². The van der Waals surface area contributed by atoms with Gasteiger partial charge in [0.15, 0.2) is 5.78 Å². The summed E-state index contributed by atoms with van der Waals surface area (Å²) in [5.41, 5.74) is 3.79. The first-order valence-electron chi connectivity index (χ1n) is 9.89. The Kier molecular flexibility index (Phi) is 6.95. The van der Waals surface area contributed by atoms with Crippen LogP contribution >= 0.6 is 0 Å². The molecule has 0 bridgehead atoms. The van der Waals surface area contributed by atoms with Crippen LogP contribution in [-0.2, 0) is 11.2 Å². The van der Waals surface area contributed by atoms with Gasteiger partial charge in [0.25, 0.3) is 0 Å². The van der Waals surface area contributed by atoms with Crippen molar-refractivity contribution in [3.63, 3.8) is 0 Å². The molecule has 0 atom stereocenters. The number of hydrogen-bond acceptors (Lipinski definition) is 4. The minimum Gasteiger partial charge on any atom is -0.326 e. The van der Waals surface area contributed by atoms with E-state index in [4.69, 9.17) is 0 Å². The predicted molar refractivity (Wildman–Crippen MR) is 113 cm³/mol. The Morgan fingerprint density at radius 1 is 0.929 bits per heavy atom. The van der Waals surface area contributed by atoms with Gasteiger partial charge in [-0.3, -0.25) is 14.5 Å². The van der Waals surface area contributed by atoms with Gasteiger partial charge in [-0.05, 0) is 50.2 Å². The molecule has 5 nitrogen and oxygen atoms in total. The summed E-state index contributed by atoms with van der Waals surface area (Å²) in [6.07, 6.45) is 1.15. The van der Waals surface area contributed by atoms with Crippen molar-refractivity contribution in [1.29, 1.82) is 0 Å². The van der Waals surface area contributed by atoms with E-state index in [9.17, 15) is 9.59 Å². The van der Waals surface area contributed by atoms with Gasteiger partial charge in [0, 0.05) is 43.9 Å². The molecular weight excluding hydrogens is 350 g/mol. The molecule has 0 radical (unpaired) electrons. The van der Waals surface area contributed by atoms with E-state index in [1.807, 2.05) is 0 Å². The molecule has 2 aromatic rings. The highest BCUT2D eigenvalue weighted by Gasteiger charge is 2.17. The van der Waals surface area contributed by atoms with Gasteiger partial charge in [0.05, 0.1) is 6.54 Å². The highest BCUT2D eigenvalue weighted by Crippen LogP contribution is 2.13. The molecule has 0 aromatic heterocycles. The molecule has 0 unspecified atom stereocenters. The number of piperazine rings is 1. The van der Waals surface area contributed by atoms with E-state index >= 15 is 0 Å². The molecule has 0 aliphatic carbocycles. The van der Waals surface area contributed by atoms with Crippen molar-refractivity contribution in [2.24, 2.45) is 0 Å². The minimum absolute atomic E-state index is 0.0166. The number of benzene rings is 2. The van der Waals surface area contributed by atoms with Crippen molar-refractivity contribution in [3.05, 3.63) is 65.2 Å². The summed E-state index contributed by atoms with van der Waals surface area (Å²) in [6.45, 7) is 6.36. The van der Waals surface area contributed by atoms with Crippen LogP contribution in [0.3, 0.4) is 0 Å². The Balaban J connectivity index is 1.46. The van der Waals surface area contributed by atoms with Gasteiger partial charge in [0.2, 0.25) is 5.91 Å². The second-order valence-electron chi connectivity index (χ2n) is 7.61. The van der Waals surface area contributed by atoms with E-state index in [2.05, 4.69) is 53.4 Å². The predicted octanol–water partition coefficient (Wildman–Crippen LogP) is 3.00. The monoisotopic (exact) mass is 379 g/mol. The van der Waals surface area contributed by atoms with Crippen molar-refractivity contribution in [2.45, 2.75) is 19.8 Å². The third-order valence-corrected chi connectivity index (χ3v) is 5.22. The van der Waals surface area contributed by atoms with E-state index in [0.717, 1.165) is 37.4 Å². The number of aryl methyl sites for hydroxylation is 2. The van der Waals surface area contributed by atoms with Crippen molar-refractivity contribution < 1.29 is 9.59 Å². The van der Waals surface area contributed by atoms with Crippen LogP contribution in [0.2, 0.25) is 0 Å². The van der Waals surface area contributed by atoms with Gasteiger partial charge in [-0.15, -0.1) is 0 Å². The van der Waals surface area contributed by atoms with E-state index in [-0.39, 0.29) is 11.7 Å². The number of amides is 1. The Hall–Kier alpha value is -2.50. The van der Waals surface area contributed by atoms with Crippen LogP contribution in [0.1, 0.15) is 27.9 Å². The van der Waals surface area contributed by atoms with Crippen molar-refractivity contribution in [2.75, 3.05) is 45.1 Å². The van der Waals surface area contributed by atoms with Gasteiger partial charge >= 0.3 is 0 Å². The molecule has 1 fully saturated rings. The maximum atomic E-state index is 12.5. The Morgan fingerprint density at radius 2 is 1.57 bits per heavy atom. The van der Waals surface area contributed by atoms with Crippen LogP contribution in [0.15, 0.2) is 48.5 Å². The van der Waals surface area contributed by atoms with Gasteiger partial charge in [0.1, 0.15) is 0 Å². The van der Waals surface area contributed by atoms with Crippen LogP contribution in [0.4, 0.5) is 5.69 Å². The quantitative estimate of drug-likeness (QED) is 0.752. The lowest BCUT2D eigenvalue weighted by Crippen LogP contribution is -2.46. The zero-order chi connectivity index (χ0) is 19.9. The molecule has 3 rings (SSSR count). The van der Waals surface area contributed by atoms with Gasteiger partial charge in [-0.25, -0.2) is 0 Å². The van der Waals surface area contributed by atoms with E-state index < -0.39 is 0 Å². The lowest BCUT2D eigenvalue weighted by Gasteiger charge is -2.31. The molecule has 1 heterocycles. The molecule has 28 heavy (non-hydrogen) atoms. The summed E-state index contributed by atoms with van der Waals surface area (Å²) in [5, 5.41) is 2.91. The minimum atomic E-state index is -0.0166. The SMILES string of the molecule is Cc1ccc(CCC(=O)Nc2ccc(C(=O)CN3CCN(C)CC3)cc2)cc1. The van der Waals surface area contributed by atoms with E-state index in [1.165, 1.54) is 5.56 Å². The molecule has 2 aromatic carbocycles. The summed E-state index contributed by atoms with van der Waals surface area (Å²) in [4.78, 5) is 29.1. The third kappa shape index (κ3) is 6.01. The summed E-state index contributed by atoms with van der Waals surface area (Å²) < 4.78 is 0. The van der Waals surface area contributed by atoms with Gasteiger partial charge < -0.3 is 10.2 Å².